The fourth-order valence-corrected chi connectivity index (χ4v) is 1.81. The maximum Gasteiger partial charge on any atom is 0.332 e. The summed E-state index contributed by atoms with van der Waals surface area (Å²) in [4.78, 5) is 24.5. The average molecular weight is 225 g/mol. The molecule has 0 aromatic heterocycles. The van der Waals surface area contributed by atoms with Crippen molar-refractivity contribution in [2.24, 2.45) is 5.92 Å². The van der Waals surface area contributed by atoms with Crippen LogP contribution in [0.25, 0.3) is 0 Å². The second-order valence-corrected chi connectivity index (χ2v) is 4.45. The standard InChI is InChI=1S/C12H19NO3/c1-9(2)10(12(15)16)8-11(14)13-6-4-3-5-7-13/h8-9H,3-7H2,1-2H3,(H,15,16). The molecule has 0 aromatic rings. The topological polar surface area (TPSA) is 57.6 Å². The Balaban J connectivity index is 2.71. The zero-order valence-electron chi connectivity index (χ0n) is 9.90. The van der Waals surface area contributed by atoms with Gasteiger partial charge in [-0.2, -0.15) is 0 Å². The van der Waals surface area contributed by atoms with Gasteiger partial charge in [0.1, 0.15) is 0 Å². The molecule has 0 radical (unpaired) electrons. The van der Waals surface area contributed by atoms with Gasteiger partial charge in [-0.1, -0.05) is 13.8 Å². The van der Waals surface area contributed by atoms with Crippen molar-refractivity contribution in [1.29, 1.82) is 0 Å². The highest BCUT2D eigenvalue weighted by Gasteiger charge is 2.18. The summed E-state index contributed by atoms with van der Waals surface area (Å²) in [5.74, 6) is -1.29. The summed E-state index contributed by atoms with van der Waals surface area (Å²) >= 11 is 0. The molecule has 1 fully saturated rings. The van der Waals surface area contributed by atoms with Crippen LogP contribution >= 0.6 is 0 Å². The van der Waals surface area contributed by atoms with Crippen LogP contribution in [0.15, 0.2) is 11.6 Å². The van der Waals surface area contributed by atoms with Crippen molar-refractivity contribution >= 4 is 11.9 Å². The van der Waals surface area contributed by atoms with Crippen LogP contribution in [0.2, 0.25) is 0 Å². The van der Waals surface area contributed by atoms with E-state index in [1.54, 1.807) is 18.7 Å². The van der Waals surface area contributed by atoms with Crippen LogP contribution < -0.4 is 0 Å². The van der Waals surface area contributed by atoms with E-state index >= 15 is 0 Å². The van der Waals surface area contributed by atoms with Crippen LogP contribution in [0.1, 0.15) is 33.1 Å². The van der Waals surface area contributed by atoms with Crippen LogP contribution in [-0.2, 0) is 9.59 Å². The van der Waals surface area contributed by atoms with Gasteiger partial charge >= 0.3 is 5.97 Å². The van der Waals surface area contributed by atoms with E-state index in [1.165, 1.54) is 6.08 Å². The van der Waals surface area contributed by atoms with E-state index in [4.69, 9.17) is 5.11 Å². The third-order valence-electron chi connectivity index (χ3n) is 2.82. The Morgan fingerprint density at radius 2 is 1.75 bits per heavy atom. The zero-order valence-corrected chi connectivity index (χ0v) is 9.90. The van der Waals surface area contributed by atoms with Crippen LogP contribution in [0.3, 0.4) is 0 Å². The molecule has 1 aliphatic rings. The van der Waals surface area contributed by atoms with Crippen molar-refractivity contribution in [2.75, 3.05) is 13.1 Å². The van der Waals surface area contributed by atoms with Gasteiger partial charge in [0.15, 0.2) is 0 Å². The molecule has 0 spiro atoms. The van der Waals surface area contributed by atoms with Crippen molar-refractivity contribution in [3.8, 4) is 0 Å². The third-order valence-corrected chi connectivity index (χ3v) is 2.82. The molecule has 1 N–H and O–H groups in total. The van der Waals surface area contributed by atoms with Crippen LogP contribution in [0.5, 0.6) is 0 Å². The van der Waals surface area contributed by atoms with Gasteiger partial charge in [-0.05, 0) is 25.2 Å². The molecule has 0 aromatic carbocycles. The number of likely N-dealkylation sites (tertiary alicyclic amines) is 1. The molecule has 0 unspecified atom stereocenters. The number of carboxylic acid groups (broad SMARTS) is 1. The van der Waals surface area contributed by atoms with E-state index < -0.39 is 5.97 Å². The highest BCUT2D eigenvalue weighted by Crippen LogP contribution is 2.13. The SMILES string of the molecule is CC(C)C(=CC(=O)N1CCCCC1)C(=O)O. The van der Waals surface area contributed by atoms with Gasteiger partial charge in [-0.15, -0.1) is 0 Å². The lowest BCUT2D eigenvalue weighted by Gasteiger charge is -2.25. The van der Waals surface area contributed by atoms with Gasteiger partial charge in [0.2, 0.25) is 5.91 Å². The van der Waals surface area contributed by atoms with E-state index in [1.807, 2.05) is 0 Å². The molecule has 90 valence electrons. The molecule has 1 amide bonds. The summed E-state index contributed by atoms with van der Waals surface area (Å²) in [7, 11) is 0. The first-order valence-electron chi connectivity index (χ1n) is 5.76. The monoisotopic (exact) mass is 225 g/mol. The summed E-state index contributed by atoms with van der Waals surface area (Å²) < 4.78 is 0. The summed E-state index contributed by atoms with van der Waals surface area (Å²) in [5.41, 5.74) is 0.190. The second kappa shape index (κ2) is 5.68. The highest BCUT2D eigenvalue weighted by atomic mass is 16.4. The maximum atomic E-state index is 11.8. The molecule has 0 saturated carbocycles. The Labute approximate surface area is 95.9 Å². The first kappa shape index (κ1) is 12.7. The van der Waals surface area contributed by atoms with Gasteiger partial charge in [0.25, 0.3) is 0 Å². The fraction of sp³-hybridized carbons (Fsp3) is 0.667. The number of hydrogen-bond donors (Lipinski definition) is 1. The highest BCUT2D eigenvalue weighted by molar-refractivity contribution is 5.97. The Morgan fingerprint density at radius 3 is 2.19 bits per heavy atom. The lowest BCUT2D eigenvalue weighted by molar-refractivity contribution is -0.134. The van der Waals surface area contributed by atoms with Gasteiger partial charge in [0.05, 0.1) is 0 Å². The van der Waals surface area contributed by atoms with E-state index in [0.717, 1.165) is 32.4 Å². The Kier molecular flexibility index (Phi) is 4.52. The molecule has 4 nitrogen and oxygen atoms in total. The zero-order chi connectivity index (χ0) is 12.1. The summed E-state index contributed by atoms with van der Waals surface area (Å²) in [6, 6.07) is 0. The fourth-order valence-electron chi connectivity index (χ4n) is 1.81. The molecule has 4 heteroatoms. The Morgan fingerprint density at radius 1 is 1.19 bits per heavy atom. The second-order valence-electron chi connectivity index (χ2n) is 4.45. The van der Waals surface area contributed by atoms with E-state index in [0.29, 0.717) is 0 Å². The number of carbonyl (C=O) groups is 2. The molecule has 16 heavy (non-hydrogen) atoms. The van der Waals surface area contributed by atoms with Gasteiger partial charge in [0, 0.05) is 24.7 Å². The third kappa shape index (κ3) is 3.36. The number of aliphatic carboxylic acids is 1. The summed E-state index contributed by atoms with van der Waals surface area (Å²) in [6.45, 7) is 5.06. The molecule has 1 saturated heterocycles. The minimum absolute atomic E-state index is 0.133. The maximum absolute atomic E-state index is 11.8. The van der Waals surface area contributed by atoms with Crippen molar-refractivity contribution in [1.82, 2.24) is 4.90 Å². The van der Waals surface area contributed by atoms with Crippen molar-refractivity contribution in [3.05, 3.63) is 11.6 Å². The van der Waals surface area contributed by atoms with Gasteiger partial charge in [-0.25, -0.2) is 4.79 Å². The largest absolute Gasteiger partial charge is 0.478 e. The number of piperidine rings is 1. The minimum Gasteiger partial charge on any atom is -0.478 e. The molecule has 0 aliphatic carbocycles. The number of rotatable bonds is 3. The minimum atomic E-state index is -1.000. The van der Waals surface area contributed by atoms with Crippen LogP contribution in [0, 0.1) is 5.92 Å². The first-order chi connectivity index (χ1) is 7.52. The van der Waals surface area contributed by atoms with Crippen molar-refractivity contribution in [3.63, 3.8) is 0 Å². The smallest absolute Gasteiger partial charge is 0.332 e. The average Bonchev–Trinajstić information content (AvgIpc) is 2.25. The number of nitrogens with zero attached hydrogens (tertiary/aromatic N) is 1. The summed E-state index contributed by atoms with van der Waals surface area (Å²) in [5, 5.41) is 8.95. The quantitative estimate of drug-likeness (QED) is 0.743. The predicted molar refractivity (Wildman–Crippen MR) is 61.0 cm³/mol. The number of amides is 1. The van der Waals surface area contributed by atoms with E-state index in [2.05, 4.69) is 0 Å². The first-order valence-corrected chi connectivity index (χ1v) is 5.76. The number of hydrogen-bond acceptors (Lipinski definition) is 2. The number of carbonyl (C=O) groups excluding carboxylic acids is 1. The normalized spacial score (nSPS) is 17.7. The van der Waals surface area contributed by atoms with Crippen LogP contribution in [0.4, 0.5) is 0 Å². The van der Waals surface area contributed by atoms with Crippen molar-refractivity contribution < 1.29 is 14.7 Å². The Hall–Kier alpha value is -1.32. The molecule has 1 heterocycles. The predicted octanol–water partition coefficient (Wildman–Crippen LogP) is 1.67. The van der Waals surface area contributed by atoms with Crippen LogP contribution in [-0.4, -0.2) is 35.0 Å². The lowest BCUT2D eigenvalue weighted by atomic mass is 10.0. The van der Waals surface area contributed by atoms with Gasteiger partial charge in [-0.3, -0.25) is 4.79 Å². The molecule has 1 rings (SSSR count). The molecular formula is C12H19NO3. The molecule has 0 bridgehead atoms. The van der Waals surface area contributed by atoms with E-state index in [-0.39, 0.29) is 17.4 Å². The molecule has 1 aliphatic heterocycles. The van der Waals surface area contributed by atoms with Gasteiger partial charge < -0.3 is 10.0 Å². The Bertz CT molecular complexity index is 301. The summed E-state index contributed by atoms with van der Waals surface area (Å²) in [6.07, 6.45) is 4.47. The number of carboxylic acids is 1. The van der Waals surface area contributed by atoms with Crippen molar-refractivity contribution in [2.45, 2.75) is 33.1 Å². The van der Waals surface area contributed by atoms with E-state index in [9.17, 15) is 9.59 Å². The molecular weight excluding hydrogens is 206 g/mol. The lowest BCUT2D eigenvalue weighted by Crippen LogP contribution is -2.35. The molecule has 0 atom stereocenters.